The number of imidazole rings is 1. The fourth-order valence-corrected chi connectivity index (χ4v) is 7.93. The highest BCUT2D eigenvalue weighted by Gasteiger charge is 2.47. The molecule has 1 saturated heterocycles. The second-order valence-corrected chi connectivity index (χ2v) is 13.9. The molecule has 0 saturated carbocycles. The first kappa shape index (κ1) is 35.7. The SMILES string of the molecule is COc1cc([C@H](C)OP(=O)(O)OP(=O)(O)OP(=O)(O)OC[C@@H]2O[C@H](n3cnc4c(N)ncnc43)[C@@H](O)[C@H]2O)c([N+](=O)[O-])cc1OC. The van der Waals surface area contributed by atoms with Crippen molar-refractivity contribution in [1.29, 1.82) is 0 Å². The van der Waals surface area contributed by atoms with Crippen molar-refractivity contribution in [2.75, 3.05) is 26.6 Å². The van der Waals surface area contributed by atoms with Gasteiger partial charge in [0.05, 0.1) is 49.8 Å². The highest BCUT2D eigenvalue weighted by molar-refractivity contribution is 7.66. The number of hydrogen-bond acceptors (Lipinski definition) is 18. The van der Waals surface area contributed by atoms with Crippen LogP contribution in [0.15, 0.2) is 24.8 Å². The number of nitrogens with zero attached hydrogens (tertiary/aromatic N) is 5. The van der Waals surface area contributed by atoms with Crippen LogP contribution in [0.1, 0.15) is 24.8 Å². The second-order valence-electron chi connectivity index (χ2n) is 9.26. The minimum absolute atomic E-state index is 0.0141. The third kappa shape index (κ3) is 7.86. The molecule has 0 amide bonds. The van der Waals surface area contributed by atoms with Crippen molar-refractivity contribution in [2.24, 2.45) is 0 Å². The van der Waals surface area contributed by atoms with Gasteiger partial charge in [0, 0.05) is 0 Å². The molecule has 8 atom stereocenters. The highest BCUT2D eigenvalue weighted by atomic mass is 31.3. The van der Waals surface area contributed by atoms with E-state index in [2.05, 4.69) is 28.1 Å². The lowest BCUT2D eigenvalue weighted by atomic mass is 10.1. The van der Waals surface area contributed by atoms with E-state index >= 15 is 0 Å². The van der Waals surface area contributed by atoms with Crippen molar-refractivity contribution in [3.8, 4) is 11.5 Å². The van der Waals surface area contributed by atoms with Gasteiger partial charge in [-0.05, 0) is 13.0 Å². The van der Waals surface area contributed by atoms with Crippen LogP contribution in [0.4, 0.5) is 11.5 Å². The first-order chi connectivity index (χ1) is 21.4. The number of nitro benzene ring substituents is 1. The number of anilines is 1. The van der Waals surface area contributed by atoms with Gasteiger partial charge in [-0.15, -0.1) is 0 Å². The maximum absolute atomic E-state index is 12.5. The summed E-state index contributed by atoms with van der Waals surface area (Å²) in [5.41, 5.74) is 5.00. The van der Waals surface area contributed by atoms with Gasteiger partial charge in [0.1, 0.15) is 30.2 Å². The largest absolute Gasteiger partial charge is 0.493 e. The number of phosphoric ester groups is 2. The Kier molecular flexibility index (Phi) is 10.5. The van der Waals surface area contributed by atoms with Gasteiger partial charge in [-0.2, -0.15) is 8.62 Å². The molecule has 2 aromatic heterocycles. The van der Waals surface area contributed by atoms with Crippen molar-refractivity contribution < 1.29 is 75.4 Å². The molecule has 254 valence electrons. The molecular formula is C20H27N6O17P3. The normalized spacial score (nSPS) is 24.5. The van der Waals surface area contributed by atoms with Gasteiger partial charge in [-0.3, -0.25) is 23.7 Å². The fraction of sp³-hybridized carbons (Fsp3) is 0.450. The number of nitrogens with two attached hydrogens (primary N) is 1. The number of benzene rings is 1. The van der Waals surface area contributed by atoms with Gasteiger partial charge in [0.15, 0.2) is 29.2 Å². The van der Waals surface area contributed by atoms with E-state index in [0.717, 1.165) is 25.4 Å². The van der Waals surface area contributed by atoms with Crippen LogP contribution in [0.5, 0.6) is 11.5 Å². The quantitative estimate of drug-likeness (QED) is 0.0772. The number of methoxy groups -OCH3 is 2. The molecular weight excluding hydrogens is 689 g/mol. The third-order valence-electron chi connectivity index (χ3n) is 6.27. The van der Waals surface area contributed by atoms with E-state index in [4.69, 9.17) is 24.5 Å². The number of nitro groups is 1. The zero-order valence-electron chi connectivity index (χ0n) is 23.7. The summed E-state index contributed by atoms with van der Waals surface area (Å²) in [5, 5.41) is 32.4. The Morgan fingerprint density at radius 3 is 2.28 bits per heavy atom. The molecule has 0 radical (unpaired) electrons. The Morgan fingerprint density at radius 2 is 1.65 bits per heavy atom. The monoisotopic (exact) mass is 716 g/mol. The molecule has 0 spiro atoms. The van der Waals surface area contributed by atoms with Crippen LogP contribution < -0.4 is 15.2 Å². The molecule has 1 fully saturated rings. The van der Waals surface area contributed by atoms with Crippen LogP contribution in [0.25, 0.3) is 11.2 Å². The van der Waals surface area contributed by atoms with E-state index < -0.39 is 71.3 Å². The van der Waals surface area contributed by atoms with E-state index in [1.807, 2.05) is 0 Å². The molecule has 3 aromatic rings. The Hall–Kier alpha value is -3.14. The van der Waals surface area contributed by atoms with Gasteiger partial charge < -0.3 is 44.8 Å². The van der Waals surface area contributed by atoms with Crippen LogP contribution in [-0.2, 0) is 36.1 Å². The Labute approximate surface area is 257 Å². The first-order valence-electron chi connectivity index (χ1n) is 12.5. The van der Waals surface area contributed by atoms with Crippen molar-refractivity contribution in [3.63, 3.8) is 0 Å². The number of nitrogen functional groups attached to an aromatic ring is 1. The molecule has 0 bridgehead atoms. The van der Waals surface area contributed by atoms with E-state index in [1.54, 1.807) is 0 Å². The van der Waals surface area contributed by atoms with Crippen LogP contribution in [-0.4, -0.2) is 88.5 Å². The van der Waals surface area contributed by atoms with Crippen molar-refractivity contribution in [1.82, 2.24) is 19.5 Å². The lowest BCUT2D eigenvalue weighted by molar-refractivity contribution is -0.386. The van der Waals surface area contributed by atoms with Crippen LogP contribution in [0.3, 0.4) is 0 Å². The van der Waals surface area contributed by atoms with Gasteiger partial charge in [0.2, 0.25) is 0 Å². The molecule has 1 aliphatic rings. The lowest BCUT2D eigenvalue weighted by Crippen LogP contribution is -2.33. The van der Waals surface area contributed by atoms with E-state index in [-0.39, 0.29) is 34.0 Å². The first-order valence-corrected chi connectivity index (χ1v) is 17.0. The zero-order chi connectivity index (χ0) is 34.2. The number of aliphatic hydroxyl groups is 2. The van der Waals surface area contributed by atoms with E-state index in [0.29, 0.717) is 0 Å². The standard InChI is InChI=1S/C20H27N6O17P3/c1-9(10-4-12(37-2)13(38-3)5-11(10)26(29)30)41-45(33,34)43-46(35,36)42-44(31,32)39-6-14-16(27)17(28)20(40-14)25-8-24-15-18(21)22-7-23-19(15)25/h4-5,7-9,14,16-17,20,27-28H,6H2,1-3H3,(H,31,32)(H,33,34)(H,35,36)(H2,21,22,23)/t9-,14-,16-,17-,20-/m0/s1. The van der Waals surface area contributed by atoms with Gasteiger partial charge >= 0.3 is 23.5 Å². The van der Waals surface area contributed by atoms with Crippen molar-refractivity contribution >= 4 is 46.1 Å². The summed E-state index contributed by atoms with van der Waals surface area (Å²) >= 11 is 0. The number of hydrogen-bond donors (Lipinski definition) is 6. The molecule has 46 heavy (non-hydrogen) atoms. The number of ether oxygens (including phenoxy) is 3. The molecule has 1 aromatic carbocycles. The molecule has 7 N–H and O–H groups in total. The molecule has 23 nitrogen and oxygen atoms in total. The lowest BCUT2D eigenvalue weighted by Gasteiger charge is -2.22. The predicted octanol–water partition coefficient (Wildman–Crippen LogP) is 1.08. The number of phosphoric acid groups is 3. The van der Waals surface area contributed by atoms with E-state index in [1.165, 1.54) is 25.1 Å². The Morgan fingerprint density at radius 1 is 1.02 bits per heavy atom. The summed E-state index contributed by atoms with van der Waals surface area (Å²) < 4.78 is 71.5. The van der Waals surface area contributed by atoms with E-state index in [9.17, 15) is 48.7 Å². The van der Waals surface area contributed by atoms with Crippen molar-refractivity contribution in [3.05, 3.63) is 40.5 Å². The summed E-state index contributed by atoms with van der Waals surface area (Å²) in [7, 11) is -14.9. The van der Waals surface area contributed by atoms with Crippen LogP contribution in [0.2, 0.25) is 0 Å². The van der Waals surface area contributed by atoms with Crippen LogP contribution >= 0.6 is 23.5 Å². The van der Waals surface area contributed by atoms with Gasteiger partial charge in [-0.1, -0.05) is 0 Å². The summed E-state index contributed by atoms with van der Waals surface area (Å²) in [6, 6.07) is 1.98. The summed E-state index contributed by atoms with van der Waals surface area (Å²) in [4.78, 5) is 52.4. The Bertz CT molecular complexity index is 1760. The molecule has 3 unspecified atom stereocenters. The average Bonchev–Trinajstić information content (AvgIpc) is 3.50. The molecule has 4 rings (SSSR count). The molecule has 0 aliphatic carbocycles. The van der Waals surface area contributed by atoms with Gasteiger partial charge in [0.25, 0.3) is 5.69 Å². The smallest absolute Gasteiger partial charge is 0.490 e. The third-order valence-corrected chi connectivity index (χ3v) is 10.6. The summed E-state index contributed by atoms with van der Waals surface area (Å²) in [5.74, 6) is -0.0784. The molecule has 26 heteroatoms. The maximum Gasteiger partial charge on any atom is 0.490 e. The second kappa shape index (κ2) is 13.5. The topological polar surface area (TPSA) is 330 Å². The number of aliphatic hydroxyl groups excluding tert-OH is 2. The molecule has 1 aliphatic heterocycles. The van der Waals surface area contributed by atoms with Crippen molar-refractivity contribution in [2.45, 2.75) is 37.6 Å². The molecule has 3 heterocycles. The maximum atomic E-state index is 12.5. The average molecular weight is 716 g/mol. The number of fused-ring (bicyclic) bond motifs is 1. The zero-order valence-corrected chi connectivity index (χ0v) is 26.4. The minimum Gasteiger partial charge on any atom is -0.493 e. The van der Waals surface area contributed by atoms with Gasteiger partial charge in [-0.25, -0.2) is 28.6 Å². The fourth-order valence-electron chi connectivity index (χ4n) is 4.26. The van der Waals surface area contributed by atoms with Crippen LogP contribution in [0, 0.1) is 10.1 Å². The summed E-state index contributed by atoms with van der Waals surface area (Å²) in [6.07, 6.45) is -5.68. The minimum atomic E-state index is -5.96. The number of rotatable bonds is 14. The Balaban J connectivity index is 1.40. The predicted molar refractivity (Wildman–Crippen MR) is 149 cm³/mol. The summed E-state index contributed by atoms with van der Waals surface area (Å²) in [6.45, 7) is 0.0202. The number of aromatic nitrogens is 4. The highest BCUT2D eigenvalue weighted by Crippen LogP contribution is 2.68.